The predicted octanol–water partition coefficient (Wildman–Crippen LogP) is 2.78. The number of hydrogen-bond acceptors (Lipinski definition) is 6. The average Bonchev–Trinajstić information content (AvgIpc) is 2.91. The number of rotatable bonds is 9. The molecular formula is C30H34N4O5. The molecular weight excluding hydrogens is 496 g/mol. The molecule has 0 aromatic heterocycles. The lowest BCUT2D eigenvalue weighted by Crippen LogP contribution is -2.51. The van der Waals surface area contributed by atoms with Crippen LogP contribution in [0.1, 0.15) is 41.4 Å². The van der Waals surface area contributed by atoms with Gasteiger partial charge in [-0.2, -0.15) is 0 Å². The smallest absolute Gasteiger partial charge is 0.268 e. The van der Waals surface area contributed by atoms with Gasteiger partial charge >= 0.3 is 0 Å². The number of amides is 3. The van der Waals surface area contributed by atoms with Crippen LogP contribution in [0.25, 0.3) is 0 Å². The number of hydroxylamine groups is 1. The molecule has 204 valence electrons. The van der Waals surface area contributed by atoms with Gasteiger partial charge in [0.2, 0.25) is 5.91 Å². The van der Waals surface area contributed by atoms with Crippen LogP contribution in [0.4, 0.5) is 5.69 Å². The maximum absolute atomic E-state index is 12.4. The fourth-order valence-electron chi connectivity index (χ4n) is 3.58. The molecule has 0 unspecified atom stereocenters. The van der Waals surface area contributed by atoms with Crippen LogP contribution < -0.4 is 16.1 Å². The summed E-state index contributed by atoms with van der Waals surface area (Å²) in [7, 11) is 1.90. The van der Waals surface area contributed by atoms with Crippen molar-refractivity contribution in [3.05, 3.63) is 101 Å². The normalized spacial score (nSPS) is 11.7. The molecule has 0 aliphatic heterocycles. The van der Waals surface area contributed by atoms with E-state index in [-0.39, 0.29) is 25.4 Å². The standard InChI is InChI=1S/C29H30N4O5.CH4/c1-20(34)27(29(37)32-38)31-28(36)24-14-10-21(11-15-24)8-9-22-12-16-25(17-13-22)30-26(35)19-33(2)18-23-6-4-3-5-7-23;/h3-7,10-17,20,27,34,38H,18-19H2,1-2H3,(H,30,35)(H,31,36)(H,32,37);1H4/t20-,27+;/m1./s1. The zero-order valence-corrected chi connectivity index (χ0v) is 21.1. The average molecular weight is 531 g/mol. The van der Waals surface area contributed by atoms with E-state index in [0.29, 0.717) is 17.8 Å². The third-order valence-corrected chi connectivity index (χ3v) is 5.54. The van der Waals surface area contributed by atoms with Gasteiger partial charge in [0.05, 0.1) is 12.6 Å². The molecule has 0 saturated heterocycles. The minimum atomic E-state index is -1.30. The first kappa shape index (κ1) is 30.7. The number of nitrogens with zero attached hydrogens (tertiary/aromatic N) is 1. The number of nitrogens with one attached hydrogen (secondary N) is 3. The fourth-order valence-corrected chi connectivity index (χ4v) is 3.58. The summed E-state index contributed by atoms with van der Waals surface area (Å²) in [5, 5.41) is 23.7. The minimum Gasteiger partial charge on any atom is -0.391 e. The predicted molar refractivity (Wildman–Crippen MR) is 150 cm³/mol. The van der Waals surface area contributed by atoms with Crippen molar-refractivity contribution in [2.75, 3.05) is 18.9 Å². The van der Waals surface area contributed by atoms with Crippen molar-refractivity contribution >= 4 is 23.4 Å². The zero-order valence-electron chi connectivity index (χ0n) is 21.1. The lowest BCUT2D eigenvalue weighted by molar-refractivity contribution is -0.133. The van der Waals surface area contributed by atoms with Gasteiger partial charge in [0.25, 0.3) is 11.8 Å². The molecule has 39 heavy (non-hydrogen) atoms. The zero-order chi connectivity index (χ0) is 27.5. The topological polar surface area (TPSA) is 131 Å². The number of aliphatic hydroxyl groups excluding tert-OH is 1. The summed E-state index contributed by atoms with van der Waals surface area (Å²) >= 11 is 0. The lowest BCUT2D eigenvalue weighted by atomic mass is 10.1. The van der Waals surface area contributed by atoms with Crippen LogP contribution in [0.3, 0.4) is 0 Å². The largest absolute Gasteiger partial charge is 0.391 e. The van der Waals surface area contributed by atoms with Gasteiger partial charge in [-0.05, 0) is 68.1 Å². The summed E-state index contributed by atoms with van der Waals surface area (Å²) in [6.45, 7) is 2.27. The Morgan fingerprint density at radius 2 is 1.46 bits per heavy atom. The number of likely N-dealkylation sites (N-methyl/N-ethyl adjacent to an activating group) is 1. The second kappa shape index (κ2) is 15.1. The van der Waals surface area contributed by atoms with Crippen LogP contribution in [0.15, 0.2) is 78.9 Å². The highest BCUT2D eigenvalue weighted by Crippen LogP contribution is 2.10. The van der Waals surface area contributed by atoms with Gasteiger partial charge in [-0.25, -0.2) is 5.48 Å². The number of aliphatic hydroxyl groups is 1. The second-order valence-electron chi connectivity index (χ2n) is 8.78. The van der Waals surface area contributed by atoms with Crippen LogP contribution in [-0.4, -0.2) is 58.7 Å². The first-order valence-corrected chi connectivity index (χ1v) is 11.9. The SMILES string of the molecule is C.C[C@@H](O)[C@H](NC(=O)c1ccc(C#Cc2ccc(NC(=O)CN(C)Cc3ccccc3)cc2)cc1)C(=O)NO. The van der Waals surface area contributed by atoms with E-state index in [1.54, 1.807) is 48.5 Å². The van der Waals surface area contributed by atoms with E-state index in [1.165, 1.54) is 12.4 Å². The quantitative estimate of drug-likeness (QED) is 0.164. The maximum Gasteiger partial charge on any atom is 0.268 e. The molecule has 9 heteroatoms. The van der Waals surface area contributed by atoms with Crippen molar-refractivity contribution in [1.82, 2.24) is 15.7 Å². The van der Waals surface area contributed by atoms with E-state index in [4.69, 9.17) is 5.21 Å². The molecule has 0 fully saturated rings. The highest BCUT2D eigenvalue weighted by atomic mass is 16.5. The molecule has 2 atom stereocenters. The molecule has 5 N–H and O–H groups in total. The van der Waals surface area contributed by atoms with Crippen LogP contribution in [-0.2, 0) is 16.1 Å². The van der Waals surface area contributed by atoms with Crippen LogP contribution in [0, 0.1) is 11.8 Å². The van der Waals surface area contributed by atoms with E-state index in [2.05, 4.69) is 22.5 Å². The molecule has 0 radical (unpaired) electrons. The molecule has 0 bridgehead atoms. The fraction of sp³-hybridized carbons (Fsp3) is 0.233. The summed E-state index contributed by atoms with van der Waals surface area (Å²) in [5.74, 6) is 4.44. The molecule has 3 amide bonds. The second-order valence-corrected chi connectivity index (χ2v) is 8.78. The summed E-state index contributed by atoms with van der Waals surface area (Å²) < 4.78 is 0. The van der Waals surface area contributed by atoms with Gasteiger partial charge in [0, 0.05) is 28.9 Å². The Kier molecular flexibility index (Phi) is 11.9. The van der Waals surface area contributed by atoms with Gasteiger partial charge in [-0.3, -0.25) is 24.5 Å². The molecule has 0 heterocycles. The Morgan fingerprint density at radius 3 is 2.00 bits per heavy atom. The van der Waals surface area contributed by atoms with Crippen molar-refractivity contribution in [1.29, 1.82) is 0 Å². The summed E-state index contributed by atoms with van der Waals surface area (Å²) in [5.41, 5.74) is 4.92. The third-order valence-electron chi connectivity index (χ3n) is 5.54. The van der Waals surface area contributed by atoms with Crippen molar-refractivity contribution < 1.29 is 24.7 Å². The summed E-state index contributed by atoms with van der Waals surface area (Å²) in [4.78, 5) is 38.3. The molecule has 0 saturated carbocycles. The van der Waals surface area contributed by atoms with E-state index in [0.717, 1.165) is 11.1 Å². The first-order chi connectivity index (χ1) is 18.2. The number of anilines is 1. The van der Waals surface area contributed by atoms with Crippen molar-refractivity contribution in [3.8, 4) is 11.8 Å². The maximum atomic E-state index is 12.4. The molecule has 3 aromatic rings. The number of carbonyl (C=O) groups excluding carboxylic acids is 3. The van der Waals surface area contributed by atoms with Crippen LogP contribution in [0.2, 0.25) is 0 Å². The minimum absolute atomic E-state index is 0. The Labute approximate surface area is 228 Å². The molecule has 3 aromatic carbocycles. The van der Waals surface area contributed by atoms with Gasteiger partial charge < -0.3 is 15.7 Å². The van der Waals surface area contributed by atoms with Gasteiger partial charge in [-0.15, -0.1) is 0 Å². The van der Waals surface area contributed by atoms with Crippen molar-refractivity contribution in [3.63, 3.8) is 0 Å². The van der Waals surface area contributed by atoms with E-state index in [9.17, 15) is 19.5 Å². The van der Waals surface area contributed by atoms with Gasteiger partial charge in [0.1, 0.15) is 6.04 Å². The molecule has 0 aliphatic rings. The highest BCUT2D eigenvalue weighted by molar-refractivity contribution is 5.97. The molecule has 3 rings (SSSR count). The lowest BCUT2D eigenvalue weighted by Gasteiger charge is -2.19. The van der Waals surface area contributed by atoms with Crippen molar-refractivity contribution in [2.24, 2.45) is 0 Å². The molecule has 0 spiro atoms. The Hall–Kier alpha value is -4.49. The van der Waals surface area contributed by atoms with E-state index in [1.807, 2.05) is 42.3 Å². The van der Waals surface area contributed by atoms with E-state index < -0.39 is 24.0 Å². The Balaban J connectivity index is 0.00000533. The first-order valence-electron chi connectivity index (χ1n) is 11.9. The van der Waals surface area contributed by atoms with Crippen LogP contribution >= 0.6 is 0 Å². The van der Waals surface area contributed by atoms with E-state index >= 15 is 0 Å². The molecule has 9 nitrogen and oxygen atoms in total. The summed E-state index contributed by atoms with van der Waals surface area (Å²) in [6.07, 6.45) is -1.20. The number of carbonyl (C=O) groups is 3. The molecule has 0 aliphatic carbocycles. The summed E-state index contributed by atoms with van der Waals surface area (Å²) in [6, 6.07) is 22.2. The van der Waals surface area contributed by atoms with Crippen molar-refractivity contribution in [2.45, 2.75) is 33.0 Å². The van der Waals surface area contributed by atoms with Gasteiger partial charge in [-0.1, -0.05) is 49.6 Å². The van der Waals surface area contributed by atoms with Gasteiger partial charge in [0.15, 0.2) is 0 Å². The third kappa shape index (κ3) is 9.72. The number of hydrogen-bond donors (Lipinski definition) is 5. The number of benzene rings is 3. The highest BCUT2D eigenvalue weighted by Gasteiger charge is 2.25. The monoisotopic (exact) mass is 530 g/mol. The van der Waals surface area contributed by atoms with Crippen LogP contribution in [0.5, 0.6) is 0 Å². The Morgan fingerprint density at radius 1 is 0.897 bits per heavy atom. The Bertz CT molecular complexity index is 1300.